The monoisotopic (exact) mass is 300 g/mol. The van der Waals surface area contributed by atoms with Crippen LogP contribution in [0.15, 0.2) is 36.7 Å². The summed E-state index contributed by atoms with van der Waals surface area (Å²) in [6.07, 6.45) is 4.25. The molecule has 2 heterocycles. The lowest BCUT2D eigenvalue weighted by Crippen LogP contribution is -2.27. The quantitative estimate of drug-likeness (QED) is 0.904. The molecule has 0 saturated carbocycles. The van der Waals surface area contributed by atoms with Gasteiger partial charge < -0.3 is 14.9 Å². The first-order chi connectivity index (χ1) is 10.8. The van der Waals surface area contributed by atoms with Gasteiger partial charge in [-0.2, -0.15) is 0 Å². The fourth-order valence-corrected chi connectivity index (χ4v) is 2.74. The van der Waals surface area contributed by atoms with Crippen molar-refractivity contribution >= 4 is 0 Å². The molecule has 0 amide bonds. The van der Waals surface area contributed by atoms with E-state index in [1.165, 1.54) is 0 Å². The summed E-state index contributed by atoms with van der Waals surface area (Å²) in [5.41, 5.74) is 2.86. The number of aliphatic hydroxyl groups is 1. The highest BCUT2D eigenvalue weighted by Gasteiger charge is 2.19. The van der Waals surface area contributed by atoms with Crippen molar-refractivity contribution in [3.63, 3.8) is 0 Å². The van der Waals surface area contributed by atoms with Gasteiger partial charge in [0.1, 0.15) is 6.61 Å². The standard InChI is InChI=1S/C17H20N2O3/c20-7-2-5-19-6-8-22-17-15(12-19)9-14(10-16(17)21)13-3-1-4-18-11-13/h1,3-4,9-11,20-21H,2,5-8,12H2. The first kappa shape index (κ1) is 14.8. The number of benzene rings is 1. The molecular formula is C17H20N2O3. The maximum Gasteiger partial charge on any atom is 0.165 e. The largest absolute Gasteiger partial charge is 0.504 e. The molecule has 0 bridgehead atoms. The number of pyridine rings is 1. The highest BCUT2D eigenvalue weighted by molar-refractivity contribution is 5.68. The number of hydrogen-bond donors (Lipinski definition) is 2. The van der Waals surface area contributed by atoms with E-state index in [0.717, 1.165) is 36.2 Å². The number of phenolic OH excluding ortho intramolecular Hbond substituents is 1. The van der Waals surface area contributed by atoms with Crippen molar-refractivity contribution in [2.45, 2.75) is 13.0 Å². The van der Waals surface area contributed by atoms with Gasteiger partial charge in [0, 0.05) is 49.8 Å². The zero-order chi connectivity index (χ0) is 15.4. The Bertz CT molecular complexity index is 631. The molecule has 22 heavy (non-hydrogen) atoms. The van der Waals surface area contributed by atoms with E-state index in [1.807, 2.05) is 18.2 Å². The first-order valence-corrected chi connectivity index (χ1v) is 7.50. The second-order valence-electron chi connectivity index (χ2n) is 5.43. The van der Waals surface area contributed by atoms with Gasteiger partial charge in [-0.15, -0.1) is 0 Å². The molecule has 0 unspecified atom stereocenters. The minimum absolute atomic E-state index is 0.167. The molecular weight excluding hydrogens is 280 g/mol. The Morgan fingerprint density at radius 2 is 2.18 bits per heavy atom. The summed E-state index contributed by atoms with van der Waals surface area (Å²) in [6.45, 7) is 3.04. The molecule has 116 valence electrons. The molecule has 5 heteroatoms. The van der Waals surface area contributed by atoms with Gasteiger partial charge in [0.05, 0.1) is 0 Å². The number of fused-ring (bicyclic) bond motifs is 1. The zero-order valence-corrected chi connectivity index (χ0v) is 12.4. The van der Waals surface area contributed by atoms with Crippen LogP contribution in [0.2, 0.25) is 0 Å². The average molecular weight is 300 g/mol. The summed E-state index contributed by atoms with van der Waals surface area (Å²) in [5.74, 6) is 0.736. The second kappa shape index (κ2) is 6.77. The molecule has 2 N–H and O–H groups in total. The Morgan fingerprint density at radius 1 is 1.27 bits per heavy atom. The van der Waals surface area contributed by atoms with Gasteiger partial charge in [0.25, 0.3) is 0 Å². The number of nitrogens with zero attached hydrogens (tertiary/aromatic N) is 2. The van der Waals surface area contributed by atoms with Crippen LogP contribution in [0.3, 0.4) is 0 Å². The van der Waals surface area contributed by atoms with E-state index in [-0.39, 0.29) is 12.4 Å². The van der Waals surface area contributed by atoms with Crippen molar-refractivity contribution < 1.29 is 14.9 Å². The normalized spacial score (nSPS) is 15.0. The number of aliphatic hydroxyl groups excluding tert-OH is 1. The third-order valence-electron chi connectivity index (χ3n) is 3.82. The van der Waals surface area contributed by atoms with Crippen LogP contribution in [0, 0.1) is 0 Å². The highest BCUT2D eigenvalue weighted by Crippen LogP contribution is 2.37. The topological polar surface area (TPSA) is 65.8 Å². The molecule has 5 nitrogen and oxygen atoms in total. The van der Waals surface area contributed by atoms with Gasteiger partial charge in [-0.1, -0.05) is 6.07 Å². The number of rotatable bonds is 4. The Morgan fingerprint density at radius 3 is 2.95 bits per heavy atom. The molecule has 1 aromatic carbocycles. The summed E-state index contributed by atoms with van der Waals surface area (Å²) >= 11 is 0. The van der Waals surface area contributed by atoms with Crippen LogP contribution < -0.4 is 4.74 Å². The smallest absolute Gasteiger partial charge is 0.165 e. The molecule has 1 aliphatic rings. The van der Waals surface area contributed by atoms with Gasteiger partial charge in [-0.3, -0.25) is 9.88 Å². The lowest BCUT2D eigenvalue weighted by Gasteiger charge is -2.18. The van der Waals surface area contributed by atoms with Crippen molar-refractivity contribution in [3.05, 3.63) is 42.2 Å². The average Bonchev–Trinajstić information content (AvgIpc) is 2.76. The molecule has 0 saturated heterocycles. The van der Waals surface area contributed by atoms with Gasteiger partial charge in [-0.25, -0.2) is 0 Å². The molecule has 0 fully saturated rings. The van der Waals surface area contributed by atoms with Crippen molar-refractivity contribution in [1.29, 1.82) is 0 Å². The molecule has 3 rings (SSSR count). The van der Waals surface area contributed by atoms with Crippen LogP contribution >= 0.6 is 0 Å². The van der Waals surface area contributed by atoms with Crippen molar-refractivity contribution in [2.75, 3.05) is 26.3 Å². The summed E-state index contributed by atoms with van der Waals surface area (Å²) in [4.78, 5) is 6.36. The van der Waals surface area contributed by atoms with Gasteiger partial charge in [0.15, 0.2) is 11.5 Å². The molecule has 1 aliphatic heterocycles. The van der Waals surface area contributed by atoms with Crippen LogP contribution in [0.1, 0.15) is 12.0 Å². The van der Waals surface area contributed by atoms with Crippen LogP contribution in [0.25, 0.3) is 11.1 Å². The maximum absolute atomic E-state index is 10.3. The summed E-state index contributed by atoms with van der Waals surface area (Å²) in [5, 5.41) is 19.3. The van der Waals surface area contributed by atoms with Crippen LogP contribution in [0.5, 0.6) is 11.5 Å². The van der Waals surface area contributed by atoms with Crippen molar-refractivity contribution in [3.8, 4) is 22.6 Å². The van der Waals surface area contributed by atoms with E-state index in [9.17, 15) is 5.11 Å². The molecule has 0 atom stereocenters. The lowest BCUT2D eigenvalue weighted by molar-refractivity contribution is 0.199. The van der Waals surface area contributed by atoms with Gasteiger partial charge in [-0.05, 0) is 30.2 Å². The van der Waals surface area contributed by atoms with Crippen molar-refractivity contribution in [2.24, 2.45) is 0 Å². The van der Waals surface area contributed by atoms with E-state index in [1.54, 1.807) is 18.5 Å². The second-order valence-corrected chi connectivity index (χ2v) is 5.43. The molecule has 0 aliphatic carbocycles. The fraction of sp³-hybridized carbons (Fsp3) is 0.353. The lowest BCUT2D eigenvalue weighted by atomic mass is 10.0. The SMILES string of the molecule is OCCCN1CCOc2c(O)cc(-c3cccnc3)cc2C1. The van der Waals surface area contributed by atoms with Crippen LogP contribution in [-0.2, 0) is 6.54 Å². The van der Waals surface area contributed by atoms with Crippen LogP contribution in [-0.4, -0.2) is 46.4 Å². The number of ether oxygens (including phenoxy) is 1. The number of aromatic nitrogens is 1. The van der Waals surface area contributed by atoms with Crippen molar-refractivity contribution in [1.82, 2.24) is 9.88 Å². The Balaban J connectivity index is 1.92. The Labute approximate surface area is 129 Å². The third kappa shape index (κ3) is 3.21. The van der Waals surface area contributed by atoms with E-state index in [2.05, 4.69) is 9.88 Å². The van der Waals surface area contributed by atoms with E-state index < -0.39 is 0 Å². The zero-order valence-electron chi connectivity index (χ0n) is 12.4. The molecule has 2 aromatic rings. The summed E-state index contributed by atoms with van der Waals surface area (Å²) in [7, 11) is 0. The molecule has 0 spiro atoms. The highest BCUT2D eigenvalue weighted by atomic mass is 16.5. The predicted molar refractivity (Wildman–Crippen MR) is 83.8 cm³/mol. The minimum Gasteiger partial charge on any atom is -0.504 e. The van der Waals surface area contributed by atoms with E-state index in [0.29, 0.717) is 18.9 Å². The van der Waals surface area contributed by atoms with Gasteiger partial charge in [0.2, 0.25) is 0 Å². The van der Waals surface area contributed by atoms with E-state index in [4.69, 9.17) is 9.84 Å². The summed E-state index contributed by atoms with van der Waals surface area (Å²) in [6, 6.07) is 7.61. The summed E-state index contributed by atoms with van der Waals surface area (Å²) < 4.78 is 5.71. The number of phenols is 1. The minimum atomic E-state index is 0.167. The first-order valence-electron chi connectivity index (χ1n) is 7.50. The molecule has 0 radical (unpaired) electrons. The third-order valence-corrected chi connectivity index (χ3v) is 3.82. The number of aromatic hydroxyl groups is 1. The molecule has 1 aromatic heterocycles. The van der Waals surface area contributed by atoms with Crippen LogP contribution in [0.4, 0.5) is 0 Å². The Hall–Kier alpha value is -2.11. The maximum atomic E-state index is 10.3. The van der Waals surface area contributed by atoms with Gasteiger partial charge >= 0.3 is 0 Å². The Kier molecular flexibility index (Phi) is 4.56. The predicted octanol–water partition coefficient (Wildman–Crippen LogP) is 2.03. The number of hydrogen-bond acceptors (Lipinski definition) is 5. The fourth-order valence-electron chi connectivity index (χ4n) is 2.74. The van der Waals surface area contributed by atoms with E-state index >= 15 is 0 Å².